The van der Waals surface area contributed by atoms with Gasteiger partial charge < -0.3 is 10.1 Å². The number of aromatic nitrogens is 1. The maximum absolute atomic E-state index is 13.3. The first-order valence-corrected chi connectivity index (χ1v) is 6.53. The third-order valence-corrected chi connectivity index (χ3v) is 3.54. The maximum atomic E-state index is 13.3. The standard InChI is InChI=1S/C13H13FN2O2S/c1-8(12-15-5-6-19-12)16-11-7-9(14)3-4-10(11)13(17)18-2/h3-8,16H,1-2H3. The molecule has 0 fully saturated rings. The zero-order valence-corrected chi connectivity index (χ0v) is 11.3. The van der Waals surface area contributed by atoms with Gasteiger partial charge in [-0.3, -0.25) is 0 Å². The summed E-state index contributed by atoms with van der Waals surface area (Å²) in [6, 6.07) is 3.78. The van der Waals surface area contributed by atoms with Crippen molar-refractivity contribution in [1.29, 1.82) is 0 Å². The Morgan fingerprint density at radius 1 is 1.53 bits per heavy atom. The first-order valence-electron chi connectivity index (χ1n) is 5.65. The minimum Gasteiger partial charge on any atom is -0.465 e. The van der Waals surface area contributed by atoms with Gasteiger partial charge in [0.25, 0.3) is 0 Å². The summed E-state index contributed by atoms with van der Waals surface area (Å²) >= 11 is 1.49. The van der Waals surface area contributed by atoms with Crippen LogP contribution in [0.2, 0.25) is 0 Å². The molecule has 0 saturated carbocycles. The van der Waals surface area contributed by atoms with E-state index in [0.717, 1.165) is 5.01 Å². The van der Waals surface area contributed by atoms with Crippen molar-refractivity contribution in [2.45, 2.75) is 13.0 Å². The van der Waals surface area contributed by atoms with E-state index in [0.29, 0.717) is 11.3 Å². The van der Waals surface area contributed by atoms with Crippen molar-refractivity contribution in [3.05, 3.63) is 46.2 Å². The minimum absolute atomic E-state index is 0.120. The number of esters is 1. The number of hydrogen-bond acceptors (Lipinski definition) is 5. The van der Waals surface area contributed by atoms with E-state index in [-0.39, 0.29) is 6.04 Å². The third-order valence-electron chi connectivity index (χ3n) is 2.58. The molecule has 4 nitrogen and oxygen atoms in total. The fourth-order valence-corrected chi connectivity index (χ4v) is 2.31. The number of thiazole rings is 1. The van der Waals surface area contributed by atoms with Gasteiger partial charge in [0, 0.05) is 11.6 Å². The predicted octanol–water partition coefficient (Wildman–Crippen LogP) is 3.24. The van der Waals surface area contributed by atoms with Gasteiger partial charge in [-0.05, 0) is 25.1 Å². The zero-order valence-electron chi connectivity index (χ0n) is 10.5. The molecule has 2 aromatic rings. The molecule has 0 saturated heterocycles. The summed E-state index contributed by atoms with van der Waals surface area (Å²) in [5, 5.41) is 5.80. The van der Waals surface area contributed by atoms with Crippen LogP contribution in [0.4, 0.5) is 10.1 Å². The van der Waals surface area contributed by atoms with Crippen molar-refractivity contribution in [1.82, 2.24) is 4.98 Å². The molecular formula is C13H13FN2O2S. The Labute approximate surface area is 114 Å². The average molecular weight is 280 g/mol. The molecule has 1 unspecified atom stereocenters. The molecule has 1 heterocycles. The molecule has 0 spiro atoms. The van der Waals surface area contributed by atoms with E-state index in [1.54, 1.807) is 6.20 Å². The molecule has 0 aliphatic carbocycles. The Bertz CT molecular complexity index is 572. The van der Waals surface area contributed by atoms with E-state index in [2.05, 4.69) is 15.0 Å². The molecule has 1 aromatic carbocycles. The van der Waals surface area contributed by atoms with Crippen molar-refractivity contribution < 1.29 is 13.9 Å². The van der Waals surface area contributed by atoms with E-state index in [1.807, 2.05) is 12.3 Å². The van der Waals surface area contributed by atoms with Crippen LogP contribution in [0.1, 0.15) is 28.3 Å². The van der Waals surface area contributed by atoms with Gasteiger partial charge in [0.1, 0.15) is 10.8 Å². The Kier molecular flexibility index (Phi) is 4.11. The summed E-state index contributed by atoms with van der Waals surface area (Å²) in [4.78, 5) is 15.8. The van der Waals surface area contributed by atoms with Gasteiger partial charge in [-0.25, -0.2) is 14.2 Å². The molecule has 1 atom stereocenters. The number of nitrogens with one attached hydrogen (secondary N) is 1. The van der Waals surface area contributed by atoms with E-state index in [4.69, 9.17) is 0 Å². The second kappa shape index (κ2) is 5.79. The van der Waals surface area contributed by atoms with Crippen molar-refractivity contribution in [3.63, 3.8) is 0 Å². The highest BCUT2D eigenvalue weighted by Crippen LogP contribution is 2.25. The van der Waals surface area contributed by atoms with E-state index in [1.165, 1.54) is 36.6 Å². The van der Waals surface area contributed by atoms with Crippen LogP contribution in [-0.2, 0) is 4.74 Å². The lowest BCUT2D eigenvalue weighted by Gasteiger charge is -2.15. The molecule has 1 N–H and O–H groups in total. The van der Waals surface area contributed by atoms with Crippen LogP contribution in [-0.4, -0.2) is 18.1 Å². The topological polar surface area (TPSA) is 51.2 Å². The molecule has 6 heteroatoms. The first-order chi connectivity index (χ1) is 9.11. The largest absolute Gasteiger partial charge is 0.465 e. The van der Waals surface area contributed by atoms with Crippen LogP contribution in [0.15, 0.2) is 29.8 Å². The second-order valence-electron chi connectivity index (χ2n) is 3.92. The molecule has 100 valence electrons. The number of nitrogens with zero attached hydrogens (tertiary/aromatic N) is 1. The van der Waals surface area contributed by atoms with Crippen molar-refractivity contribution >= 4 is 23.0 Å². The lowest BCUT2D eigenvalue weighted by molar-refractivity contribution is 0.0601. The number of methoxy groups -OCH3 is 1. The van der Waals surface area contributed by atoms with Crippen molar-refractivity contribution in [2.75, 3.05) is 12.4 Å². The summed E-state index contributed by atoms with van der Waals surface area (Å²) in [7, 11) is 1.29. The number of rotatable bonds is 4. The first kappa shape index (κ1) is 13.5. The molecule has 19 heavy (non-hydrogen) atoms. The van der Waals surface area contributed by atoms with Crippen LogP contribution < -0.4 is 5.32 Å². The Morgan fingerprint density at radius 2 is 2.32 bits per heavy atom. The molecule has 0 amide bonds. The lowest BCUT2D eigenvalue weighted by Crippen LogP contribution is -2.12. The predicted molar refractivity (Wildman–Crippen MR) is 71.9 cm³/mol. The molecular weight excluding hydrogens is 267 g/mol. The third kappa shape index (κ3) is 3.08. The van der Waals surface area contributed by atoms with Gasteiger partial charge in [0.05, 0.1) is 24.4 Å². The van der Waals surface area contributed by atoms with Gasteiger partial charge in [-0.1, -0.05) is 0 Å². The van der Waals surface area contributed by atoms with Crippen molar-refractivity contribution in [3.8, 4) is 0 Å². The monoisotopic (exact) mass is 280 g/mol. The summed E-state index contributed by atoms with van der Waals surface area (Å²) in [5.74, 6) is -0.921. The lowest BCUT2D eigenvalue weighted by atomic mass is 10.1. The SMILES string of the molecule is COC(=O)c1ccc(F)cc1NC(C)c1nccs1. The number of benzene rings is 1. The van der Waals surface area contributed by atoms with Gasteiger partial charge >= 0.3 is 5.97 Å². The Hall–Kier alpha value is -1.95. The molecule has 0 aliphatic rings. The van der Waals surface area contributed by atoms with Crippen LogP contribution in [0, 0.1) is 5.82 Å². The second-order valence-corrected chi connectivity index (χ2v) is 4.84. The average Bonchev–Trinajstić information content (AvgIpc) is 2.92. The molecule has 0 aliphatic heterocycles. The van der Waals surface area contributed by atoms with E-state index < -0.39 is 11.8 Å². The highest BCUT2D eigenvalue weighted by molar-refractivity contribution is 7.09. The minimum atomic E-state index is -0.506. The zero-order chi connectivity index (χ0) is 13.8. The fourth-order valence-electron chi connectivity index (χ4n) is 1.67. The maximum Gasteiger partial charge on any atom is 0.339 e. The number of carbonyl (C=O) groups excluding carboxylic acids is 1. The molecule has 2 rings (SSSR count). The fraction of sp³-hybridized carbons (Fsp3) is 0.231. The highest BCUT2D eigenvalue weighted by Gasteiger charge is 2.16. The Morgan fingerprint density at radius 3 is 2.95 bits per heavy atom. The number of ether oxygens (including phenoxy) is 1. The summed E-state index contributed by atoms with van der Waals surface area (Å²) < 4.78 is 18.0. The highest BCUT2D eigenvalue weighted by atomic mass is 32.1. The summed E-state index contributed by atoms with van der Waals surface area (Å²) in [5.41, 5.74) is 0.696. The molecule has 0 bridgehead atoms. The van der Waals surface area contributed by atoms with Crippen molar-refractivity contribution in [2.24, 2.45) is 0 Å². The summed E-state index contributed by atoms with van der Waals surface area (Å²) in [6.45, 7) is 1.89. The normalized spacial score (nSPS) is 11.9. The smallest absolute Gasteiger partial charge is 0.339 e. The number of carbonyl (C=O) groups is 1. The van der Waals surface area contributed by atoms with Gasteiger partial charge in [0.2, 0.25) is 0 Å². The van der Waals surface area contributed by atoms with E-state index in [9.17, 15) is 9.18 Å². The number of hydrogen-bond donors (Lipinski definition) is 1. The Balaban J connectivity index is 2.28. The van der Waals surface area contributed by atoms with Gasteiger partial charge in [-0.15, -0.1) is 11.3 Å². The quantitative estimate of drug-likeness (QED) is 0.873. The molecule has 0 radical (unpaired) electrons. The molecule has 1 aromatic heterocycles. The summed E-state index contributed by atoms with van der Waals surface area (Å²) in [6.07, 6.45) is 1.70. The van der Waals surface area contributed by atoms with Crippen LogP contribution in [0.25, 0.3) is 0 Å². The van der Waals surface area contributed by atoms with Gasteiger partial charge in [-0.2, -0.15) is 0 Å². The van der Waals surface area contributed by atoms with Gasteiger partial charge in [0.15, 0.2) is 0 Å². The van der Waals surface area contributed by atoms with Crippen LogP contribution in [0.5, 0.6) is 0 Å². The van der Waals surface area contributed by atoms with Crippen LogP contribution >= 0.6 is 11.3 Å². The number of halogens is 1. The van der Waals surface area contributed by atoms with E-state index >= 15 is 0 Å². The number of anilines is 1. The van der Waals surface area contributed by atoms with Crippen LogP contribution in [0.3, 0.4) is 0 Å².